The van der Waals surface area contributed by atoms with E-state index in [-0.39, 0.29) is 16.7 Å². The number of hydrogen-bond donors (Lipinski definition) is 2. The molecule has 1 aromatic carbocycles. The quantitative estimate of drug-likeness (QED) is 0.213. The SMILES string of the molecule is CCCCCCCCCCCCCCCCOc1c(C(=O)O)cc(C(C)(C)C)c(O)c1C(C)(C)C. The largest absolute Gasteiger partial charge is 0.507 e. The monoisotopic (exact) mass is 490 g/mol. The molecule has 0 saturated heterocycles. The van der Waals surface area contributed by atoms with Gasteiger partial charge >= 0.3 is 5.97 Å². The second kappa shape index (κ2) is 15.4. The summed E-state index contributed by atoms with van der Waals surface area (Å²) < 4.78 is 6.07. The van der Waals surface area contributed by atoms with Gasteiger partial charge in [0.15, 0.2) is 0 Å². The molecule has 0 aliphatic carbocycles. The molecule has 4 nitrogen and oxygen atoms in total. The second-order valence-corrected chi connectivity index (χ2v) is 12.3. The van der Waals surface area contributed by atoms with E-state index in [0.29, 0.717) is 23.5 Å². The minimum Gasteiger partial charge on any atom is -0.507 e. The number of phenols is 1. The standard InChI is InChI=1S/C31H54O4/c1-8-9-10-11-12-13-14-15-16-17-18-19-20-21-22-35-28-24(29(33)34)23-25(30(2,3)4)27(32)26(28)31(5,6)7/h23,32H,8-22H2,1-7H3,(H,33,34). The number of rotatable bonds is 17. The molecule has 4 heteroatoms. The van der Waals surface area contributed by atoms with Crippen LogP contribution in [-0.4, -0.2) is 22.8 Å². The normalized spacial score (nSPS) is 12.2. The van der Waals surface area contributed by atoms with E-state index in [4.69, 9.17) is 4.74 Å². The molecule has 0 aliphatic heterocycles. The highest BCUT2D eigenvalue weighted by Crippen LogP contribution is 2.46. The summed E-state index contributed by atoms with van der Waals surface area (Å²) in [6, 6.07) is 1.59. The first-order chi connectivity index (χ1) is 16.4. The summed E-state index contributed by atoms with van der Waals surface area (Å²) in [6.07, 6.45) is 18.1. The average Bonchev–Trinajstić information content (AvgIpc) is 2.74. The molecule has 0 saturated carbocycles. The van der Waals surface area contributed by atoms with Crippen LogP contribution < -0.4 is 4.74 Å². The van der Waals surface area contributed by atoms with Crippen molar-refractivity contribution in [3.8, 4) is 11.5 Å². The van der Waals surface area contributed by atoms with E-state index in [1.165, 1.54) is 77.0 Å². The number of unbranched alkanes of at least 4 members (excludes halogenated alkanes) is 13. The van der Waals surface area contributed by atoms with Gasteiger partial charge in [-0.15, -0.1) is 0 Å². The summed E-state index contributed by atoms with van der Waals surface area (Å²) in [5, 5.41) is 21.0. The molecule has 0 aliphatic rings. The molecular formula is C31H54O4. The topological polar surface area (TPSA) is 66.8 Å². The average molecular weight is 491 g/mol. The number of carboxylic acid groups (broad SMARTS) is 1. The van der Waals surface area contributed by atoms with Crippen LogP contribution in [0.4, 0.5) is 0 Å². The fraction of sp³-hybridized carbons (Fsp3) is 0.774. The van der Waals surface area contributed by atoms with Gasteiger partial charge in [0.1, 0.15) is 17.1 Å². The lowest BCUT2D eigenvalue weighted by atomic mass is 9.77. The first kappa shape index (κ1) is 31.3. The molecular weight excluding hydrogens is 436 g/mol. The van der Waals surface area contributed by atoms with Crippen molar-refractivity contribution in [3.05, 3.63) is 22.8 Å². The van der Waals surface area contributed by atoms with Crippen LogP contribution in [0.25, 0.3) is 0 Å². The van der Waals surface area contributed by atoms with Crippen molar-refractivity contribution in [2.45, 2.75) is 149 Å². The summed E-state index contributed by atoms with van der Waals surface area (Å²) in [4.78, 5) is 12.1. The van der Waals surface area contributed by atoms with Gasteiger partial charge in [0.05, 0.1) is 6.61 Å². The predicted molar refractivity (Wildman–Crippen MR) is 148 cm³/mol. The summed E-state index contributed by atoms with van der Waals surface area (Å²) >= 11 is 0. The Morgan fingerprint density at radius 2 is 1.17 bits per heavy atom. The zero-order chi connectivity index (χ0) is 26.5. The number of benzene rings is 1. The van der Waals surface area contributed by atoms with Crippen molar-refractivity contribution in [1.29, 1.82) is 0 Å². The van der Waals surface area contributed by atoms with E-state index in [0.717, 1.165) is 12.8 Å². The van der Waals surface area contributed by atoms with Gasteiger partial charge in [-0.2, -0.15) is 0 Å². The number of aromatic carboxylic acids is 1. The fourth-order valence-corrected chi connectivity index (χ4v) is 4.70. The Morgan fingerprint density at radius 3 is 1.54 bits per heavy atom. The van der Waals surface area contributed by atoms with Gasteiger partial charge in [-0.1, -0.05) is 132 Å². The third-order valence-electron chi connectivity index (χ3n) is 6.78. The molecule has 0 atom stereocenters. The highest BCUT2D eigenvalue weighted by molar-refractivity contribution is 5.93. The number of aromatic hydroxyl groups is 1. The van der Waals surface area contributed by atoms with Gasteiger partial charge in [-0.05, 0) is 23.3 Å². The minimum atomic E-state index is -1.02. The molecule has 0 heterocycles. The molecule has 0 bridgehead atoms. The molecule has 1 aromatic rings. The first-order valence-corrected chi connectivity index (χ1v) is 14.2. The van der Waals surface area contributed by atoms with Crippen LogP contribution >= 0.6 is 0 Å². The Labute approximate surface area is 215 Å². The molecule has 0 fully saturated rings. The molecule has 0 unspecified atom stereocenters. The van der Waals surface area contributed by atoms with Gasteiger partial charge in [-0.25, -0.2) is 4.79 Å². The predicted octanol–water partition coefficient (Wildman–Crippen LogP) is 9.55. The van der Waals surface area contributed by atoms with Crippen LogP contribution in [0, 0.1) is 0 Å². The van der Waals surface area contributed by atoms with E-state index < -0.39 is 11.4 Å². The van der Waals surface area contributed by atoms with Gasteiger partial charge in [0.25, 0.3) is 0 Å². The first-order valence-electron chi connectivity index (χ1n) is 14.2. The van der Waals surface area contributed by atoms with Gasteiger partial charge in [0.2, 0.25) is 0 Å². The van der Waals surface area contributed by atoms with Crippen LogP contribution in [0.5, 0.6) is 11.5 Å². The van der Waals surface area contributed by atoms with E-state index in [9.17, 15) is 15.0 Å². The zero-order valence-corrected chi connectivity index (χ0v) is 23.9. The Kier molecular flexibility index (Phi) is 13.8. The third kappa shape index (κ3) is 11.3. The number of carboxylic acids is 1. The summed E-state index contributed by atoms with van der Waals surface area (Å²) in [6.45, 7) is 14.6. The van der Waals surface area contributed by atoms with Crippen LogP contribution in [0.3, 0.4) is 0 Å². The van der Waals surface area contributed by atoms with Gasteiger partial charge in [0, 0.05) is 11.1 Å². The van der Waals surface area contributed by atoms with Crippen molar-refractivity contribution in [1.82, 2.24) is 0 Å². The molecule has 35 heavy (non-hydrogen) atoms. The maximum absolute atomic E-state index is 12.1. The highest BCUT2D eigenvalue weighted by Gasteiger charge is 2.33. The Hall–Kier alpha value is -1.71. The van der Waals surface area contributed by atoms with Crippen LogP contribution in [0.1, 0.15) is 160 Å². The molecule has 202 valence electrons. The number of hydrogen-bond acceptors (Lipinski definition) is 3. The minimum absolute atomic E-state index is 0.142. The highest BCUT2D eigenvalue weighted by atomic mass is 16.5. The van der Waals surface area contributed by atoms with Crippen molar-refractivity contribution in [2.24, 2.45) is 0 Å². The Bertz CT molecular complexity index is 753. The fourth-order valence-electron chi connectivity index (χ4n) is 4.70. The molecule has 0 aromatic heterocycles. The van der Waals surface area contributed by atoms with E-state index in [1.807, 2.05) is 41.5 Å². The van der Waals surface area contributed by atoms with Gasteiger partial charge < -0.3 is 14.9 Å². The molecule has 1 rings (SSSR count). The van der Waals surface area contributed by atoms with Crippen LogP contribution in [0.15, 0.2) is 6.07 Å². The molecule has 2 N–H and O–H groups in total. The van der Waals surface area contributed by atoms with Crippen molar-refractivity contribution in [3.63, 3.8) is 0 Å². The van der Waals surface area contributed by atoms with Crippen molar-refractivity contribution >= 4 is 5.97 Å². The number of ether oxygens (including phenoxy) is 1. The van der Waals surface area contributed by atoms with Crippen LogP contribution in [0.2, 0.25) is 0 Å². The van der Waals surface area contributed by atoms with E-state index in [2.05, 4.69) is 6.92 Å². The zero-order valence-electron chi connectivity index (χ0n) is 23.9. The second-order valence-electron chi connectivity index (χ2n) is 12.3. The summed E-state index contributed by atoms with van der Waals surface area (Å²) in [7, 11) is 0. The van der Waals surface area contributed by atoms with Gasteiger partial charge in [-0.3, -0.25) is 0 Å². The smallest absolute Gasteiger partial charge is 0.339 e. The molecule has 0 amide bonds. The maximum Gasteiger partial charge on any atom is 0.339 e. The van der Waals surface area contributed by atoms with E-state index >= 15 is 0 Å². The Morgan fingerprint density at radius 1 is 0.743 bits per heavy atom. The molecule has 0 spiro atoms. The lowest BCUT2D eigenvalue weighted by Crippen LogP contribution is -2.21. The third-order valence-corrected chi connectivity index (χ3v) is 6.78. The Balaban J connectivity index is 2.50. The lowest BCUT2D eigenvalue weighted by molar-refractivity contribution is 0.0691. The number of phenolic OH excluding ortho intramolecular Hbond substituents is 1. The lowest BCUT2D eigenvalue weighted by Gasteiger charge is -2.30. The maximum atomic E-state index is 12.1. The van der Waals surface area contributed by atoms with Crippen molar-refractivity contribution in [2.75, 3.05) is 6.61 Å². The number of carbonyl (C=O) groups is 1. The van der Waals surface area contributed by atoms with Crippen LogP contribution in [-0.2, 0) is 10.8 Å². The molecule has 0 radical (unpaired) electrons. The summed E-state index contributed by atoms with van der Waals surface area (Å²) in [5.41, 5.74) is 0.557. The van der Waals surface area contributed by atoms with E-state index in [1.54, 1.807) is 6.07 Å². The van der Waals surface area contributed by atoms with Crippen molar-refractivity contribution < 1.29 is 19.7 Å². The summed E-state index contributed by atoms with van der Waals surface area (Å²) in [5.74, 6) is -0.534.